The quantitative estimate of drug-likeness (QED) is 0.133. The predicted octanol–water partition coefficient (Wildman–Crippen LogP) is 9.21. The minimum atomic E-state index is 0. The molecule has 4 aromatic rings. The first-order valence-electron chi connectivity index (χ1n) is 13.2. The Kier molecular flexibility index (Phi) is 20.9. The fourth-order valence-electron chi connectivity index (χ4n) is 5.02. The molecule has 2 aliphatic rings. The molecule has 206 valence electrons. The molecular formula is C34H44Cl2SiZr-4. The van der Waals surface area contributed by atoms with E-state index in [4.69, 9.17) is 0 Å². The zero-order valence-electron chi connectivity index (χ0n) is 23.5. The van der Waals surface area contributed by atoms with Gasteiger partial charge in [-0.25, -0.2) is 12.1 Å². The van der Waals surface area contributed by atoms with E-state index in [1.165, 1.54) is 49.7 Å². The maximum Gasteiger partial charge on any atom is -0.171 e. The van der Waals surface area contributed by atoms with Crippen LogP contribution in [-0.2, 0) is 36.2 Å². The summed E-state index contributed by atoms with van der Waals surface area (Å²) in [5.74, 6) is 1.62. The van der Waals surface area contributed by atoms with Crippen LogP contribution in [0, 0.1) is 26.0 Å². The number of fused-ring (bicyclic) bond motifs is 2. The first-order chi connectivity index (χ1) is 17.5. The van der Waals surface area contributed by atoms with Crippen molar-refractivity contribution in [1.82, 2.24) is 0 Å². The fourth-order valence-corrected chi connectivity index (χ4v) is 5.02. The number of hydrogen-bond acceptors (Lipinski definition) is 0. The third-order valence-corrected chi connectivity index (χ3v) is 6.75. The fraction of sp³-hybridized carbons (Fsp3) is 0.353. The van der Waals surface area contributed by atoms with Gasteiger partial charge in [0.2, 0.25) is 0 Å². The van der Waals surface area contributed by atoms with Gasteiger partial charge >= 0.3 is 30.2 Å². The summed E-state index contributed by atoms with van der Waals surface area (Å²) in [4.78, 5) is 0. The summed E-state index contributed by atoms with van der Waals surface area (Å²) in [5, 5.41) is 0. The molecule has 0 heterocycles. The third-order valence-electron chi connectivity index (χ3n) is 6.75. The molecule has 2 unspecified atom stereocenters. The van der Waals surface area contributed by atoms with E-state index in [1.54, 1.807) is 45.6 Å². The van der Waals surface area contributed by atoms with Crippen molar-refractivity contribution in [2.24, 2.45) is 0 Å². The van der Waals surface area contributed by atoms with Crippen LogP contribution in [0.25, 0.3) is 0 Å². The van der Waals surface area contributed by atoms with Gasteiger partial charge in [0.15, 0.2) is 0 Å². The van der Waals surface area contributed by atoms with Crippen molar-refractivity contribution in [1.29, 1.82) is 0 Å². The SMILES string of the molecule is Cc1cc2c([cH-]1)CCCC2C.Cc1cc2c([cH-]1)CCCC2C.Cl.Cl.[SiH2]=[Zr].[c-]1ccccc1.[c-]1ccccc1. The Balaban J connectivity index is 0.000000478. The molecule has 4 aromatic carbocycles. The van der Waals surface area contributed by atoms with Crippen LogP contribution in [0.3, 0.4) is 0 Å². The van der Waals surface area contributed by atoms with Crippen LogP contribution >= 0.6 is 24.8 Å². The van der Waals surface area contributed by atoms with Gasteiger partial charge < -0.3 is 0 Å². The van der Waals surface area contributed by atoms with Gasteiger partial charge in [-0.15, -0.1) is 24.8 Å². The minimum Gasteiger partial charge on any atom is -0.184 e. The minimum absolute atomic E-state index is 0. The Bertz CT molecular complexity index is 947. The van der Waals surface area contributed by atoms with Gasteiger partial charge in [0, 0.05) is 0 Å². The Morgan fingerprint density at radius 3 is 1.24 bits per heavy atom. The van der Waals surface area contributed by atoms with Gasteiger partial charge in [-0.1, -0.05) is 78.1 Å². The smallest absolute Gasteiger partial charge is 0.171 e. The Morgan fingerprint density at radius 1 is 0.658 bits per heavy atom. The van der Waals surface area contributed by atoms with Crippen LogP contribution in [0.1, 0.15) is 84.7 Å². The van der Waals surface area contributed by atoms with E-state index in [0.29, 0.717) is 0 Å². The molecule has 0 fully saturated rings. The maximum atomic E-state index is 2.89. The molecule has 4 heteroatoms. The maximum absolute atomic E-state index is 2.89. The van der Waals surface area contributed by atoms with E-state index in [0.717, 1.165) is 11.8 Å². The number of aryl methyl sites for hydroxylation is 4. The normalized spacial score (nSPS) is 16.1. The van der Waals surface area contributed by atoms with E-state index in [1.807, 2.05) is 67.5 Å². The molecule has 0 aromatic heterocycles. The zero-order chi connectivity index (χ0) is 26.2. The van der Waals surface area contributed by atoms with Crippen molar-refractivity contribution in [3.63, 3.8) is 0 Å². The molecule has 0 saturated heterocycles. The van der Waals surface area contributed by atoms with Crippen molar-refractivity contribution in [3.8, 4) is 0 Å². The second kappa shape index (κ2) is 21.6. The second-order valence-corrected chi connectivity index (χ2v) is 9.77. The van der Waals surface area contributed by atoms with Gasteiger partial charge in [-0.3, -0.25) is 0 Å². The number of hydrogen-bond donors (Lipinski definition) is 0. The summed E-state index contributed by atoms with van der Waals surface area (Å²) in [7, 11) is 0. The van der Waals surface area contributed by atoms with Gasteiger partial charge in [-0.05, 0) is 0 Å². The molecule has 6 rings (SSSR count). The van der Waals surface area contributed by atoms with Crippen molar-refractivity contribution < 1.29 is 23.3 Å². The van der Waals surface area contributed by atoms with E-state index in [2.05, 4.69) is 64.1 Å². The molecule has 0 radical (unpaired) electrons. The van der Waals surface area contributed by atoms with E-state index in [9.17, 15) is 0 Å². The largest absolute Gasteiger partial charge is 0.184 e. The molecular weight excluding hydrogens is 599 g/mol. The van der Waals surface area contributed by atoms with Crippen LogP contribution in [0.15, 0.2) is 84.9 Å². The summed E-state index contributed by atoms with van der Waals surface area (Å²) in [6.45, 7) is 11.0. The average Bonchev–Trinajstić information content (AvgIpc) is 3.51. The molecule has 0 aliphatic heterocycles. The first kappa shape index (κ1) is 36.8. The monoisotopic (exact) mass is 640 g/mol. The van der Waals surface area contributed by atoms with Crippen LogP contribution in [-0.4, -0.2) is 6.88 Å². The molecule has 0 saturated carbocycles. The molecule has 2 atom stereocenters. The van der Waals surface area contributed by atoms with Gasteiger partial charge in [-0.2, -0.15) is 118 Å². The summed E-state index contributed by atoms with van der Waals surface area (Å²) in [6.07, 6.45) is 8.17. The molecule has 0 amide bonds. The van der Waals surface area contributed by atoms with E-state index in [-0.39, 0.29) is 24.8 Å². The molecule has 2 aliphatic carbocycles. The van der Waals surface area contributed by atoms with Crippen LogP contribution in [0.4, 0.5) is 0 Å². The number of halogens is 2. The van der Waals surface area contributed by atoms with Gasteiger partial charge in [0.05, 0.1) is 0 Å². The Morgan fingerprint density at radius 2 is 1.00 bits per heavy atom. The third kappa shape index (κ3) is 13.3. The van der Waals surface area contributed by atoms with Gasteiger partial charge in [0.25, 0.3) is 0 Å². The summed E-state index contributed by atoms with van der Waals surface area (Å²) < 4.78 is 0. The predicted molar refractivity (Wildman–Crippen MR) is 170 cm³/mol. The van der Waals surface area contributed by atoms with Crippen molar-refractivity contribution in [2.75, 3.05) is 0 Å². The number of rotatable bonds is 0. The molecule has 38 heavy (non-hydrogen) atoms. The molecule has 0 bridgehead atoms. The standard InChI is InChI=1S/2C11H15.2C6H5.2ClH.H2Si.Zr/c2*1-8-6-10-5-3-4-9(2)11(10)7-8;2*1-2-4-6-5-3-1;;;;/h2*6-7,9H,3-5H2,1-2H3;2*1-5H;2*1H;1H2;/q4*-1;;;;. The number of benzene rings is 2. The van der Waals surface area contributed by atoms with Crippen LogP contribution in [0.2, 0.25) is 0 Å². The van der Waals surface area contributed by atoms with E-state index < -0.39 is 0 Å². The Labute approximate surface area is 261 Å². The van der Waals surface area contributed by atoms with Crippen molar-refractivity contribution in [3.05, 3.63) is 130 Å². The second-order valence-electron chi connectivity index (χ2n) is 9.77. The first-order valence-corrected chi connectivity index (χ1v) is 19.2. The molecule has 0 spiro atoms. The van der Waals surface area contributed by atoms with Crippen molar-refractivity contribution in [2.45, 2.75) is 78.1 Å². The summed E-state index contributed by atoms with van der Waals surface area (Å²) in [5.41, 5.74) is 9.36. The molecule has 0 N–H and O–H groups in total. The Hall–Kier alpha value is -1.18. The van der Waals surface area contributed by atoms with Crippen molar-refractivity contribution >= 4 is 31.7 Å². The van der Waals surface area contributed by atoms with Crippen LogP contribution in [0.5, 0.6) is 0 Å². The zero-order valence-corrected chi connectivity index (χ0v) is 29.0. The van der Waals surface area contributed by atoms with Crippen LogP contribution < -0.4 is 0 Å². The van der Waals surface area contributed by atoms with Gasteiger partial charge in [0.1, 0.15) is 0 Å². The summed E-state index contributed by atoms with van der Waals surface area (Å²) in [6, 6.07) is 34.4. The summed E-state index contributed by atoms with van der Waals surface area (Å²) >= 11 is 1.58. The van der Waals surface area contributed by atoms with E-state index >= 15 is 0 Å². The average molecular weight is 643 g/mol. The topological polar surface area (TPSA) is 0 Å². The molecule has 0 nitrogen and oxygen atoms in total.